The zero-order chi connectivity index (χ0) is 18.8. The summed E-state index contributed by atoms with van der Waals surface area (Å²) >= 11 is 0. The van der Waals surface area contributed by atoms with Gasteiger partial charge >= 0.3 is 6.03 Å². The van der Waals surface area contributed by atoms with E-state index in [4.69, 9.17) is 15.2 Å². The SMILES string of the molecule is NC(=O)N[C@@H](Cc1c[nH]c2ccccc12)C(=O)Nc1ccc2c(c1)OCO2. The first-order valence-corrected chi connectivity index (χ1v) is 8.41. The minimum Gasteiger partial charge on any atom is -0.454 e. The van der Waals surface area contributed by atoms with Crippen molar-refractivity contribution in [2.75, 3.05) is 12.1 Å². The number of aromatic amines is 1. The number of ether oxygens (including phenoxy) is 2. The van der Waals surface area contributed by atoms with Gasteiger partial charge in [-0.25, -0.2) is 4.79 Å². The van der Waals surface area contributed by atoms with Gasteiger partial charge in [-0.15, -0.1) is 0 Å². The van der Waals surface area contributed by atoms with E-state index in [2.05, 4.69) is 15.6 Å². The van der Waals surface area contributed by atoms with E-state index in [0.29, 0.717) is 23.6 Å². The number of benzene rings is 2. The number of carbonyl (C=O) groups is 2. The van der Waals surface area contributed by atoms with Crippen LogP contribution in [0.5, 0.6) is 11.5 Å². The van der Waals surface area contributed by atoms with Gasteiger partial charge in [-0.3, -0.25) is 4.79 Å². The fraction of sp³-hybridized carbons (Fsp3) is 0.158. The number of fused-ring (bicyclic) bond motifs is 2. The van der Waals surface area contributed by atoms with Crippen LogP contribution in [-0.2, 0) is 11.2 Å². The van der Waals surface area contributed by atoms with Crippen LogP contribution < -0.4 is 25.8 Å². The van der Waals surface area contributed by atoms with Gasteiger partial charge in [0.15, 0.2) is 11.5 Å². The molecule has 8 heteroatoms. The highest BCUT2D eigenvalue weighted by molar-refractivity contribution is 5.97. The van der Waals surface area contributed by atoms with E-state index in [0.717, 1.165) is 16.5 Å². The average Bonchev–Trinajstić information content (AvgIpc) is 3.27. The molecule has 0 fully saturated rings. The Balaban J connectivity index is 1.54. The lowest BCUT2D eigenvalue weighted by atomic mass is 10.0. The molecule has 1 atom stereocenters. The van der Waals surface area contributed by atoms with Gasteiger partial charge in [-0.2, -0.15) is 0 Å². The minimum atomic E-state index is -0.827. The highest BCUT2D eigenvalue weighted by Crippen LogP contribution is 2.34. The Labute approximate surface area is 154 Å². The maximum Gasteiger partial charge on any atom is 0.312 e. The largest absolute Gasteiger partial charge is 0.454 e. The highest BCUT2D eigenvalue weighted by Gasteiger charge is 2.23. The first-order chi connectivity index (χ1) is 13.1. The monoisotopic (exact) mass is 366 g/mol. The third kappa shape index (κ3) is 3.50. The molecule has 0 spiro atoms. The predicted molar refractivity (Wildman–Crippen MR) is 99.7 cm³/mol. The summed E-state index contributed by atoms with van der Waals surface area (Å²) in [7, 11) is 0. The molecule has 1 aliphatic rings. The number of urea groups is 1. The number of rotatable bonds is 5. The lowest BCUT2D eigenvalue weighted by Crippen LogP contribution is -2.47. The molecule has 27 heavy (non-hydrogen) atoms. The molecular weight excluding hydrogens is 348 g/mol. The van der Waals surface area contributed by atoms with E-state index in [-0.39, 0.29) is 12.7 Å². The Morgan fingerprint density at radius 2 is 1.96 bits per heavy atom. The van der Waals surface area contributed by atoms with Gasteiger partial charge in [0.25, 0.3) is 0 Å². The lowest BCUT2D eigenvalue weighted by molar-refractivity contribution is -0.117. The van der Waals surface area contributed by atoms with Gasteiger partial charge in [0.1, 0.15) is 6.04 Å². The first-order valence-electron chi connectivity index (χ1n) is 8.41. The number of primary amides is 1. The van der Waals surface area contributed by atoms with Crippen LogP contribution in [0, 0.1) is 0 Å². The number of aromatic nitrogens is 1. The zero-order valence-electron chi connectivity index (χ0n) is 14.3. The Morgan fingerprint density at radius 3 is 2.81 bits per heavy atom. The number of para-hydroxylation sites is 1. The van der Waals surface area contributed by atoms with Crippen molar-refractivity contribution >= 4 is 28.5 Å². The standard InChI is InChI=1S/C19H18N4O4/c20-19(25)23-15(7-11-9-21-14-4-2-1-3-13(11)14)18(24)22-12-5-6-16-17(8-12)27-10-26-16/h1-6,8-9,15,21H,7,10H2,(H,22,24)(H3,20,23,25)/t15-/m0/s1. The van der Waals surface area contributed by atoms with Gasteiger partial charge in [0, 0.05) is 35.3 Å². The lowest BCUT2D eigenvalue weighted by Gasteiger charge is -2.17. The van der Waals surface area contributed by atoms with E-state index in [9.17, 15) is 9.59 Å². The van der Waals surface area contributed by atoms with Crippen molar-refractivity contribution in [1.29, 1.82) is 0 Å². The van der Waals surface area contributed by atoms with Crippen LogP contribution in [-0.4, -0.2) is 29.8 Å². The number of nitrogens with two attached hydrogens (primary N) is 1. The summed E-state index contributed by atoms with van der Waals surface area (Å²) < 4.78 is 10.6. The highest BCUT2D eigenvalue weighted by atomic mass is 16.7. The fourth-order valence-corrected chi connectivity index (χ4v) is 3.11. The number of anilines is 1. The molecule has 1 aliphatic heterocycles. The molecule has 3 aromatic rings. The van der Waals surface area contributed by atoms with Gasteiger partial charge < -0.3 is 30.8 Å². The minimum absolute atomic E-state index is 0.152. The van der Waals surface area contributed by atoms with Crippen molar-refractivity contribution in [3.05, 3.63) is 54.2 Å². The third-order valence-electron chi connectivity index (χ3n) is 4.37. The summed E-state index contributed by atoms with van der Waals surface area (Å²) in [5, 5.41) is 6.29. The molecule has 8 nitrogen and oxygen atoms in total. The van der Waals surface area contributed by atoms with Gasteiger partial charge in [0.05, 0.1) is 0 Å². The van der Waals surface area contributed by atoms with Crippen LogP contribution in [0.25, 0.3) is 10.9 Å². The van der Waals surface area contributed by atoms with E-state index >= 15 is 0 Å². The van der Waals surface area contributed by atoms with Crippen molar-refractivity contribution in [3.63, 3.8) is 0 Å². The molecule has 0 bridgehead atoms. The molecule has 138 valence electrons. The summed E-state index contributed by atoms with van der Waals surface area (Å²) in [5.41, 5.74) is 7.67. The number of amides is 3. The second kappa shape index (κ2) is 6.91. The third-order valence-corrected chi connectivity index (χ3v) is 4.37. The van der Waals surface area contributed by atoms with Crippen LogP contribution >= 0.6 is 0 Å². The summed E-state index contributed by atoms with van der Waals surface area (Å²) in [5.74, 6) is 0.806. The van der Waals surface area contributed by atoms with E-state index in [1.807, 2.05) is 30.5 Å². The van der Waals surface area contributed by atoms with Gasteiger partial charge in [0.2, 0.25) is 12.7 Å². The molecule has 2 heterocycles. The van der Waals surface area contributed by atoms with Crippen LogP contribution in [0.4, 0.5) is 10.5 Å². The summed E-state index contributed by atoms with van der Waals surface area (Å²) in [6, 6.07) is 11.3. The average molecular weight is 366 g/mol. The van der Waals surface area contributed by atoms with Crippen molar-refractivity contribution in [2.45, 2.75) is 12.5 Å². The van der Waals surface area contributed by atoms with Crippen LogP contribution in [0.15, 0.2) is 48.7 Å². The van der Waals surface area contributed by atoms with E-state index in [1.165, 1.54) is 0 Å². The normalized spacial score (nSPS) is 13.3. The van der Waals surface area contributed by atoms with Crippen molar-refractivity contribution in [1.82, 2.24) is 10.3 Å². The molecule has 0 saturated heterocycles. The quantitative estimate of drug-likeness (QED) is 0.553. The smallest absolute Gasteiger partial charge is 0.312 e. The second-order valence-corrected chi connectivity index (χ2v) is 6.18. The molecular formula is C19H18N4O4. The zero-order valence-corrected chi connectivity index (χ0v) is 14.3. The maximum atomic E-state index is 12.7. The van der Waals surface area contributed by atoms with Crippen molar-refractivity contribution in [3.8, 4) is 11.5 Å². The number of nitrogens with one attached hydrogen (secondary N) is 3. The molecule has 4 rings (SSSR count). The van der Waals surface area contributed by atoms with Crippen LogP contribution in [0.1, 0.15) is 5.56 Å². The molecule has 0 aliphatic carbocycles. The predicted octanol–water partition coefficient (Wildman–Crippen LogP) is 2.11. The van der Waals surface area contributed by atoms with Crippen molar-refractivity contribution in [2.24, 2.45) is 5.73 Å². The molecule has 1 aromatic heterocycles. The summed E-state index contributed by atoms with van der Waals surface area (Å²) in [6.45, 7) is 0.152. The topological polar surface area (TPSA) is 118 Å². The maximum absolute atomic E-state index is 12.7. The molecule has 0 saturated carbocycles. The Hall–Kier alpha value is -3.68. The molecule has 2 aromatic carbocycles. The Kier molecular flexibility index (Phi) is 4.29. The fourth-order valence-electron chi connectivity index (χ4n) is 3.11. The number of H-pyrrole nitrogens is 1. The van der Waals surface area contributed by atoms with E-state index < -0.39 is 12.1 Å². The van der Waals surface area contributed by atoms with Gasteiger partial charge in [-0.05, 0) is 23.8 Å². The summed E-state index contributed by atoms with van der Waals surface area (Å²) in [6.07, 6.45) is 2.12. The van der Waals surface area contributed by atoms with Crippen LogP contribution in [0.2, 0.25) is 0 Å². The summed E-state index contributed by atoms with van der Waals surface area (Å²) in [4.78, 5) is 27.3. The number of hydrogen-bond acceptors (Lipinski definition) is 4. The van der Waals surface area contributed by atoms with E-state index in [1.54, 1.807) is 18.2 Å². The van der Waals surface area contributed by atoms with Gasteiger partial charge in [-0.1, -0.05) is 18.2 Å². The van der Waals surface area contributed by atoms with Crippen LogP contribution in [0.3, 0.4) is 0 Å². The van der Waals surface area contributed by atoms with Crippen molar-refractivity contribution < 1.29 is 19.1 Å². The Morgan fingerprint density at radius 1 is 1.15 bits per heavy atom. The molecule has 5 N–H and O–H groups in total. The number of hydrogen-bond donors (Lipinski definition) is 4. The Bertz CT molecular complexity index is 1010. The number of carbonyl (C=O) groups excluding carboxylic acids is 2. The molecule has 0 unspecified atom stereocenters. The second-order valence-electron chi connectivity index (χ2n) is 6.18. The molecule has 0 radical (unpaired) electrons. The molecule has 3 amide bonds. The first kappa shape index (κ1) is 16.8.